The molecule has 2 N–H and O–H groups in total. The fourth-order valence-corrected chi connectivity index (χ4v) is 3.25. The maximum absolute atomic E-state index is 12.7. The molecule has 2 aliphatic heterocycles. The highest BCUT2D eigenvalue weighted by atomic mass is 16.7. The van der Waals surface area contributed by atoms with E-state index in [0.29, 0.717) is 36.2 Å². The van der Waals surface area contributed by atoms with E-state index < -0.39 is 0 Å². The Hall–Kier alpha value is -3.26. The van der Waals surface area contributed by atoms with Crippen LogP contribution in [0.15, 0.2) is 47.5 Å². The van der Waals surface area contributed by atoms with E-state index in [2.05, 4.69) is 15.6 Å². The lowest BCUT2D eigenvalue weighted by molar-refractivity contribution is 0.0975. The van der Waals surface area contributed by atoms with Crippen LogP contribution in [0, 0.1) is 0 Å². The number of guanidine groups is 1. The normalized spacial score (nSPS) is 17.6. The monoisotopic (exact) mass is 411 g/mol. The van der Waals surface area contributed by atoms with Gasteiger partial charge in [-0.25, -0.2) is 4.99 Å². The Morgan fingerprint density at radius 3 is 2.77 bits per heavy atom. The first-order chi connectivity index (χ1) is 14.7. The summed E-state index contributed by atoms with van der Waals surface area (Å²) in [5.74, 6) is 2.15. The highest BCUT2D eigenvalue weighted by Gasteiger charge is 2.17. The molecule has 0 aliphatic carbocycles. The molecule has 0 saturated carbocycles. The van der Waals surface area contributed by atoms with E-state index in [0.717, 1.165) is 30.9 Å². The second-order valence-corrected chi connectivity index (χ2v) is 6.93. The fraction of sp³-hybridized carbons (Fsp3) is 0.364. The Labute approximate surface area is 175 Å². The van der Waals surface area contributed by atoms with Gasteiger partial charge in [-0.2, -0.15) is 0 Å². The zero-order valence-corrected chi connectivity index (χ0v) is 16.8. The van der Waals surface area contributed by atoms with E-state index in [-0.39, 0.29) is 18.8 Å². The summed E-state index contributed by atoms with van der Waals surface area (Å²) >= 11 is 0. The second-order valence-electron chi connectivity index (χ2n) is 6.93. The van der Waals surface area contributed by atoms with Crippen molar-refractivity contribution in [2.45, 2.75) is 25.9 Å². The third-order valence-corrected chi connectivity index (χ3v) is 4.77. The van der Waals surface area contributed by atoms with Crippen molar-refractivity contribution in [1.82, 2.24) is 5.32 Å². The first kappa shape index (κ1) is 20.0. The average Bonchev–Trinajstić information content (AvgIpc) is 3.44. The van der Waals surface area contributed by atoms with Crippen molar-refractivity contribution in [2.24, 2.45) is 4.99 Å². The summed E-state index contributed by atoms with van der Waals surface area (Å²) in [4.78, 5) is 17.3. The molecule has 0 unspecified atom stereocenters. The summed E-state index contributed by atoms with van der Waals surface area (Å²) in [6.07, 6.45) is 2.07. The van der Waals surface area contributed by atoms with Gasteiger partial charge in [-0.05, 0) is 56.2 Å². The smallest absolute Gasteiger partial charge is 0.257 e. The Balaban J connectivity index is 1.47. The Bertz CT molecular complexity index is 907. The number of nitrogens with one attached hydrogen (secondary N) is 2. The van der Waals surface area contributed by atoms with Gasteiger partial charge in [-0.15, -0.1) is 0 Å². The molecule has 30 heavy (non-hydrogen) atoms. The van der Waals surface area contributed by atoms with Crippen LogP contribution in [0.4, 0.5) is 5.69 Å². The summed E-state index contributed by atoms with van der Waals surface area (Å²) in [6.45, 7) is 3.91. The van der Waals surface area contributed by atoms with E-state index in [9.17, 15) is 4.79 Å². The van der Waals surface area contributed by atoms with Crippen molar-refractivity contribution in [3.63, 3.8) is 0 Å². The fourth-order valence-electron chi connectivity index (χ4n) is 3.25. The van der Waals surface area contributed by atoms with Crippen LogP contribution >= 0.6 is 0 Å². The molecule has 0 bridgehead atoms. The van der Waals surface area contributed by atoms with E-state index in [4.69, 9.17) is 18.9 Å². The van der Waals surface area contributed by atoms with Gasteiger partial charge in [-0.1, -0.05) is 0 Å². The number of nitrogens with zero attached hydrogens (tertiary/aromatic N) is 1. The van der Waals surface area contributed by atoms with Gasteiger partial charge in [0.05, 0.1) is 19.3 Å². The highest BCUT2D eigenvalue weighted by Crippen LogP contribution is 2.34. The van der Waals surface area contributed by atoms with Crippen LogP contribution < -0.4 is 24.8 Å². The molecule has 0 spiro atoms. The van der Waals surface area contributed by atoms with Crippen LogP contribution in [0.1, 0.15) is 30.1 Å². The number of rotatable bonds is 6. The number of carbonyl (C=O) groups excluding carboxylic acids is 1. The van der Waals surface area contributed by atoms with Crippen molar-refractivity contribution in [2.75, 3.05) is 31.9 Å². The molecule has 8 nitrogen and oxygen atoms in total. The molecule has 2 aromatic rings. The standard InChI is InChI=1S/C22H25N3O5/c1-2-27-17-8-5-15(6-9-17)21(26)25-22(23-13-18-4-3-11-28-18)24-16-7-10-19-20(12-16)30-14-29-19/h5-10,12,18H,2-4,11,13-14H2,1H3,(H2,23,24,25,26)/t18-/m1/s1. The maximum Gasteiger partial charge on any atom is 0.257 e. The summed E-state index contributed by atoms with van der Waals surface area (Å²) in [7, 11) is 0. The molecule has 2 heterocycles. The summed E-state index contributed by atoms with van der Waals surface area (Å²) in [6, 6.07) is 12.5. The van der Waals surface area contributed by atoms with Gasteiger partial charge in [0.15, 0.2) is 11.5 Å². The van der Waals surface area contributed by atoms with Crippen LogP contribution in [0.3, 0.4) is 0 Å². The van der Waals surface area contributed by atoms with E-state index >= 15 is 0 Å². The number of benzene rings is 2. The van der Waals surface area contributed by atoms with E-state index in [1.807, 2.05) is 25.1 Å². The van der Waals surface area contributed by atoms with Crippen molar-refractivity contribution in [1.29, 1.82) is 0 Å². The van der Waals surface area contributed by atoms with Crippen molar-refractivity contribution >= 4 is 17.6 Å². The molecular weight excluding hydrogens is 386 g/mol. The molecule has 1 amide bonds. The van der Waals surface area contributed by atoms with Gasteiger partial charge in [0.2, 0.25) is 12.8 Å². The summed E-state index contributed by atoms with van der Waals surface area (Å²) in [5.41, 5.74) is 1.24. The van der Waals surface area contributed by atoms with Crippen LogP contribution in [0.5, 0.6) is 17.2 Å². The number of amides is 1. The maximum atomic E-state index is 12.7. The number of aliphatic imine (C=N–C) groups is 1. The highest BCUT2D eigenvalue weighted by molar-refractivity contribution is 6.10. The number of ether oxygens (including phenoxy) is 4. The number of hydrogen-bond donors (Lipinski definition) is 2. The third kappa shape index (κ3) is 5.01. The third-order valence-electron chi connectivity index (χ3n) is 4.77. The predicted octanol–water partition coefficient (Wildman–Crippen LogP) is 3.19. The number of fused-ring (bicyclic) bond motifs is 1. The van der Waals surface area contributed by atoms with Gasteiger partial charge < -0.3 is 24.3 Å². The minimum absolute atomic E-state index is 0.0703. The molecule has 1 saturated heterocycles. The van der Waals surface area contributed by atoms with Crippen LogP contribution in [0.2, 0.25) is 0 Å². The minimum Gasteiger partial charge on any atom is -0.494 e. The van der Waals surface area contributed by atoms with Gasteiger partial charge in [0, 0.05) is 23.9 Å². The van der Waals surface area contributed by atoms with Crippen LogP contribution in [0.25, 0.3) is 0 Å². The van der Waals surface area contributed by atoms with Gasteiger partial charge in [0.1, 0.15) is 5.75 Å². The molecule has 0 radical (unpaired) electrons. The number of carbonyl (C=O) groups is 1. The van der Waals surface area contributed by atoms with Gasteiger partial charge >= 0.3 is 0 Å². The lowest BCUT2D eigenvalue weighted by Crippen LogP contribution is -2.36. The zero-order chi connectivity index (χ0) is 20.8. The van der Waals surface area contributed by atoms with Crippen LogP contribution in [-0.2, 0) is 4.74 Å². The molecule has 2 aromatic carbocycles. The molecule has 2 aliphatic rings. The molecule has 158 valence electrons. The van der Waals surface area contributed by atoms with E-state index in [1.54, 1.807) is 24.3 Å². The van der Waals surface area contributed by atoms with Gasteiger partial charge in [-0.3, -0.25) is 10.1 Å². The summed E-state index contributed by atoms with van der Waals surface area (Å²) < 4.78 is 21.8. The lowest BCUT2D eigenvalue weighted by Gasteiger charge is -2.14. The predicted molar refractivity (Wildman–Crippen MR) is 113 cm³/mol. The molecular formula is C22H25N3O5. The average molecular weight is 411 g/mol. The molecule has 1 atom stereocenters. The topological polar surface area (TPSA) is 90.4 Å². The molecule has 4 rings (SSSR count). The first-order valence-corrected chi connectivity index (χ1v) is 10.1. The molecule has 1 fully saturated rings. The van der Waals surface area contributed by atoms with Crippen molar-refractivity contribution in [3.05, 3.63) is 48.0 Å². The first-order valence-electron chi connectivity index (χ1n) is 10.1. The SMILES string of the molecule is CCOc1ccc(C(=O)NC(=NC[C@H]2CCCO2)Nc2ccc3c(c2)OCO3)cc1. The van der Waals surface area contributed by atoms with Crippen molar-refractivity contribution < 1.29 is 23.7 Å². The van der Waals surface area contributed by atoms with Gasteiger partial charge in [0.25, 0.3) is 5.91 Å². The lowest BCUT2D eigenvalue weighted by atomic mass is 10.2. The summed E-state index contributed by atoms with van der Waals surface area (Å²) in [5, 5.41) is 6.02. The second kappa shape index (κ2) is 9.49. The number of hydrogen-bond acceptors (Lipinski definition) is 6. The zero-order valence-electron chi connectivity index (χ0n) is 16.8. The number of anilines is 1. The Morgan fingerprint density at radius 1 is 1.17 bits per heavy atom. The Morgan fingerprint density at radius 2 is 2.00 bits per heavy atom. The quantitative estimate of drug-likeness (QED) is 0.561. The van der Waals surface area contributed by atoms with E-state index in [1.165, 1.54) is 0 Å². The largest absolute Gasteiger partial charge is 0.494 e. The minimum atomic E-state index is -0.266. The molecule has 0 aromatic heterocycles. The Kier molecular flexibility index (Phi) is 6.34. The van der Waals surface area contributed by atoms with Crippen molar-refractivity contribution in [3.8, 4) is 17.2 Å². The molecule has 8 heteroatoms. The van der Waals surface area contributed by atoms with Crippen LogP contribution in [-0.4, -0.2) is 44.5 Å².